The van der Waals surface area contributed by atoms with E-state index in [0.29, 0.717) is 11.6 Å². The number of aromatic carboxylic acids is 1. The number of sulfonamides is 1. The van der Waals surface area contributed by atoms with E-state index in [0.717, 1.165) is 23.5 Å². The van der Waals surface area contributed by atoms with Crippen molar-refractivity contribution in [3.8, 4) is 0 Å². The van der Waals surface area contributed by atoms with Crippen LogP contribution in [0, 0.1) is 5.92 Å². The fourth-order valence-electron chi connectivity index (χ4n) is 2.83. The molecule has 0 aliphatic heterocycles. The van der Waals surface area contributed by atoms with Crippen molar-refractivity contribution in [3.05, 3.63) is 60.3 Å². The molecule has 3 rings (SSSR count). The molecule has 1 aromatic heterocycles. The van der Waals surface area contributed by atoms with Gasteiger partial charge in [0.05, 0.1) is 10.5 Å². The van der Waals surface area contributed by atoms with Crippen molar-refractivity contribution in [1.29, 1.82) is 0 Å². The van der Waals surface area contributed by atoms with Crippen LogP contribution in [-0.2, 0) is 16.6 Å². The number of nitrogens with zero attached hydrogens (tertiary/aromatic N) is 1. The summed E-state index contributed by atoms with van der Waals surface area (Å²) in [6.45, 7) is 5.16. The van der Waals surface area contributed by atoms with Crippen LogP contribution in [0.2, 0.25) is 0 Å². The first kappa shape index (κ1) is 18.0. The predicted molar refractivity (Wildman–Crippen MR) is 101 cm³/mol. The maximum Gasteiger partial charge on any atom is 0.335 e. The summed E-state index contributed by atoms with van der Waals surface area (Å²) >= 11 is 0. The summed E-state index contributed by atoms with van der Waals surface area (Å²) in [5.41, 5.74) is 1.39. The van der Waals surface area contributed by atoms with Crippen LogP contribution in [0.4, 0.5) is 5.69 Å². The zero-order valence-corrected chi connectivity index (χ0v) is 15.3. The number of rotatable bonds is 6. The van der Waals surface area contributed by atoms with E-state index in [-0.39, 0.29) is 10.5 Å². The number of nitrogens with one attached hydrogen (secondary N) is 1. The van der Waals surface area contributed by atoms with Crippen LogP contribution in [0.3, 0.4) is 0 Å². The predicted octanol–water partition coefficient (Wildman–Crippen LogP) is 3.80. The van der Waals surface area contributed by atoms with E-state index < -0.39 is 16.0 Å². The minimum absolute atomic E-state index is 0.0749. The van der Waals surface area contributed by atoms with Crippen molar-refractivity contribution >= 4 is 32.6 Å². The van der Waals surface area contributed by atoms with Crippen molar-refractivity contribution in [1.82, 2.24) is 4.57 Å². The molecule has 1 heterocycles. The van der Waals surface area contributed by atoms with Gasteiger partial charge in [0.25, 0.3) is 10.0 Å². The summed E-state index contributed by atoms with van der Waals surface area (Å²) in [6.07, 6.45) is 1.99. The van der Waals surface area contributed by atoms with Crippen LogP contribution in [0.1, 0.15) is 24.2 Å². The number of carboxylic acids is 1. The summed E-state index contributed by atoms with van der Waals surface area (Å²) < 4.78 is 29.8. The van der Waals surface area contributed by atoms with Gasteiger partial charge in [-0.1, -0.05) is 19.9 Å². The van der Waals surface area contributed by atoms with Crippen LogP contribution in [0.5, 0.6) is 0 Å². The molecule has 0 fully saturated rings. The molecule has 0 saturated carbocycles. The van der Waals surface area contributed by atoms with Crippen molar-refractivity contribution in [2.45, 2.75) is 25.3 Å². The summed E-state index contributed by atoms with van der Waals surface area (Å²) in [5.74, 6) is -0.666. The molecule has 0 amide bonds. The van der Waals surface area contributed by atoms with Crippen LogP contribution in [0.15, 0.2) is 59.6 Å². The van der Waals surface area contributed by atoms with E-state index in [1.165, 1.54) is 18.2 Å². The van der Waals surface area contributed by atoms with Gasteiger partial charge >= 0.3 is 5.97 Å². The molecule has 7 heteroatoms. The Labute approximate surface area is 152 Å². The molecular weight excluding hydrogens is 352 g/mol. The van der Waals surface area contributed by atoms with Gasteiger partial charge < -0.3 is 9.67 Å². The molecule has 26 heavy (non-hydrogen) atoms. The molecule has 0 saturated heterocycles. The third kappa shape index (κ3) is 3.72. The van der Waals surface area contributed by atoms with Gasteiger partial charge in [-0.15, -0.1) is 0 Å². The number of aromatic nitrogens is 1. The molecule has 136 valence electrons. The molecular formula is C19H20N2O4S. The Bertz CT molecular complexity index is 1070. The van der Waals surface area contributed by atoms with Crippen LogP contribution in [0.25, 0.3) is 10.9 Å². The first-order chi connectivity index (χ1) is 12.3. The average molecular weight is 372 g/mol. The molecule has 0 spiro atoms. The SMILES string of the molecule is CC(C)Cn1ccc2cc(NS(=O)(=O)c3cccc(C(=O)O)c3)ccc21. The van der Waals surface area contributed by atoms with Gasteiger partial charge in [-0.05, 0) is 48.4 Å². The Morgan fingerprint density at radius 3 is 2.62 bits per heavy atom. The topological polar surface area (TPSA) is 88.4 Å². The highest BCUT2D eigenvalue weighted by atomic mass is 32.2. The third-order valence-electron chi connectivity index (χ3n) is 3.98. The van der Waals surface area contributed by atoms with E-state index in [1.807, 2.05) is 18.3 Å². The molecule has 0 aliphatic carbocycles. The lowest BCUT2D eigenvalue weighted by Gasteiger charge is -2.11. The van der Waals surface area contributed by atoms with Gasteiger partial charge in [0.1, 0.15) is 0 Å². The number of benzene rings is 2. The number of hydrogen-bond donors (Lipinski definition) is 2. The summed E-state index contributed by atoms with van der Waals surface area (Å²) in [6, 6.07) is 12.6. The molecule has 0 atom stereocenters. The zero-order valence-electron chi connectivity index (χ0n) is 14.5. The second-order valence-corrected chi connectivity index (χ2v) is 8.26. The molecule has 0 bridgehead atoms. The fourth-order valence-corrected chi connectivity index (χ4v) is 3.92. The lowest BCUT2D eigenvalue weighted by molar-refractivity contribution is 0.0696. The van der Waals surface area contributed by atoms with Crippen molar-refractivity contribution < 1.29 is 18.3 Å². The van der Waals surface area contributed by atoms with Gasteiger partial charge in [-0.25, -0.2) is 13.2 Å². The number of anilines is 1. The first-order valence-electron chi connectivity index (χ1n) is 8.21. The van der Waals surface area contributed by atoms with E-state index in [4.69, 9.17) is 5.11 Å². The number of carboxylic acid groups (broad SMARTS) is 1. The highest BCUT2D eigenvalue weighted by Crippen LogP contribution is 2.24. The second kappa shape index (κ2) is 6.84. The smallest absolute Gasteiger partial charge is 0.335 e. The lowest BCUT2D eigenvalue weighted by atomic mass is 10.2. The Kier molecular flexibility index (Phi) is 4.73. The van der Waals surface area contributed by atoms with Gasteiger partial charge in [0.2, 0.25) is 0 Å². The molecule has 6 nitrogen and oxygen atoms in total. The number of carbonyl (C=O) groups is 1. The molecule has 2 N–H and O–H groups in total. The standard InChI is InChI=1S/C19H20N2O4S/c1-13(2)12-21-9-8-14-10-16(6-7-18(14)21)20-26(24,25)17-5-3-4-15(11-17)19(22)23/h3-11,13,20H,12H2,1-2H3,(H,22,23). The number of fused-ring (bicyclic) bond motifs is 1. The van der Waals surface area contributed by atoms with E-state index in [1.54, 1.807) is 12.1 Å². The Morgan fingerprint density at radius 2 is 1.92 bits per heavy atom. The number of hydrogen-bond acceptors (Lipinski definition) is 3. The summed E-state index contributed by atoms with van der Waals surface area (Å²) in [5, 5.41) is 9.97. The molecule has 0 radical (unpaired) electrons. The fraction of sp³-hybridized carbons (Fsp3) is 0.211. The van der Waals surface area contributed by atoms with Crippen LogP contribution < -0.4 is 4.72 Å². The van der Waals surface area contributed by atoms with Crippen LogP contribution in [-0.4, -0.2) is 24.1 Å². The average Bonchev–Trinajstić information content (AvgIpc) is 2.96. The maximum atomic E-state index is 12.6. The van der Waals surface area contributed by atoms with Crippen molar-refractivity contribution in [2.75, 3.05) is 4.72 Å². The van der Waals surface area contributed by atoms with Crippen molar-refractivity contribution in [2.24, 2.45) is 5.92 Å². The summed E-state index contributed by atoms with van der Waals surface area (Å²) in [4.78, 5) is 11.0. The van der Waals surface area contributed by atoms with Gasteiger partial charge in [-0.2, -0.15) is 0 Å². The highest BCUT2D eigenvalue weighted by Gasteiger charge is 2.16. The van der Waals surface area contributed by atoms with Crippen molar-refractivity contribution in [3.63, 3.8) is 0 Å². The Balaban J connectivity index is 1.90. The normalized spacial score (nSPS) is 11.8. The van der Waals surface area contributed by atoms with E-state index in [9.17, 15) is 13.2 Å². The third-order valence-corrected chi connectivity index (χ3v) is 5.36. The largest absolute Gasteiger partial charge is 0.478 e. The minimum atomic E-state index is -3.87. The second-order valence-electron chi connectivity index (χ2n) is 6.57. The van der Waals surface area contributed by atoms with E-state index >= 15 is 0 Å². The van der Waals surface area contributed by atoms with Gasteiger partial charge in [-0.3, -0.25) is 4.72 Å². The highest BCUT2D eigenvalue weighted by molar-refractivity contribution is 7.92. The Hall–Kier alpha value is -2.80. The Morgan fingerprint density at radius 1 is 1.15 bits per heavy atom. The molecule has 0 unspecified atom stereocenters. The molecule has 0 aliphatic rings. The molecule has 3 aromatic rings. The monoisotopic (exact) mass is 372 g/mol. The van der Waals surface area contributed by atoms with Gasteiger partial charge in [0, 0.05) is 29.3 Å². The van der Waals surface area contributed by atoms with Gasteiger partial charge in [0.15, 0.2) is 0 Å². The molecule has 2 aromatic carbocycles. The lowest BCUT2D eigenvalue weighted by Crippen LogP contribution is -2.13. The van der Waals surface area contributed by atoms with Crippen LogP contribution >= 0.6 is 0 Å². The summed E-state index contributed by atoms with van der Waals surface area (Å²) in [7, 11) is -3.87. The maximum absolute atomic E-state index is 12.6. The zero-order chi connectivity index (χ0) is 18.9. The van der Waals surface area contributed by atoms with E-state index in [2.05, 4.69) is 23.1 Å². The minimum Gasteiger partial charge on any atom is -0.478 e. The first-order valence-corrected chi connectivity index (χ1v) is 9.69. The quantitative estimate of drug-likeness (QED) is 0.689.